The second kappa shape index (κ2) is 14.4. The fraction of sp³-hybridized carbons (Fsp3) is 0.514. The monoisotopic (exact) mass is 636 g/mol. The van der Waals surface area contributed by atoms with E-state index < -0.39 is 16.1 Å². The molecule has 10 heteroatoms. The van der Waals surface area contributed by atoms with Crippen LogP contribution in [0, 0.1) is 6.92 Å². The number of hydrogen-bond acceptors (Lipinski definition) is 6. The molecule has 2 N–H and O–H groups in total. The Labute approximate surface area is 268 Å². The maximum Gasteiger partial charge on any atom is 0.412 e. The van der Waals surface area contributed by atoms with E-state index in [1.165, 1.54) is 6.42 Å². The Morgan fingerprint density at radius 1 is 0.956 bits per heavy atom. The van der Waals surface area contributed by atoms with E-state index in [1.54, 1.807) is 24.1 Å². The van der Waals surface area contributed by atoms with Gasteiger partial charge in [0.2, 0.25) is 10.0 Å². The zero-order chi connectivity index (χ0) is 32.1. The van der Waals surface area contributed by atoms with Gasteiger partial charge in [-0.05, 0) is 81.8 Å². The predicted octanol–water partition coefficient (Wildman–Crippen LogP) is 6.63. The van der Waals surface area contributed by atoms with Crippen molar-refractivity contribution >= 4 is 38.3 Å². The Bertz CT molecular complexity index is 1580. The Morgan fingerprint density at radius 2 is 1.64 bits per heavy atom. The van der Waals surface area contributed by atoms with Crippen LogP contribution in [0.15, 0.2) is 59.5 Å². The second-order valence-corrected chi connectivity index (χ2v) is 14.5. The molecule has 2 unspecified atom stereocenters. The number of nitrogens with one attached hydrogen (secondary N) is 1. The highest BCUT2D eigenvalue weighted by molar-refractivity contribution is 7.89. The lowest BCUT2D eigenvalue weighted by Crippen LogP contribution is -2.58. The summed E-state index contributed by atoms with van der Waals surface area (Å²) in [7, 11) is 1.88. The van der Waals surface area contributed by atoms with Crippen LogP contribution in [0.2, 0.25) is 0 Å². The number of hydrogen-bond donors (Lipinski definition) is 2. The second-order valence-electron chi connectivity index (χ2n) is 12.8. The van der Waals surface area contributed by atoms with Crippen LogP contribution >= 0.6 is 0 Å². The highest BCUT2D eigenvalue weighted by Gasteiger charge is 2.42. The smallest absolute Gasteiger partial charge is 0.412 e. The van der Waals surface area contributed by atoms with Crippen LogP contribution in [-0.2, 0) is 10.0 Å². The minimum atomic E-state index is -3.63. The zero-order valence-electron chi connectivity index (χ0n) is 27.0. The topological polar surface area (TPSA) is 102 Å². The molecule has 45 heavy (non-hydrogen) atoms. The first kappa shape index (κ1) is 33.0. The average Bonchev–Trinajstić information content (AvgIpc) is 3.00. The van der Waals surface area contributed by atoms with Crippen molar-refractivity contribution in [2.45, 2.75) is 87.7 Å². The number of ether oxygens (including phenoxy) is 1. The van der Waals surface area contributed by atoms with Gasteiger partial charge < -0.3 is 14.7 Å². The van der Waals surface area contributed by atoms with E-state index >= 15 is 0 Å². The molecule has 9 nitrogen and oxygen atoms in total. The standard InChI is InChI=1S/C35H48N4O5S/c1-25-18-19-33(44-4)32(22-25)39(35(40)41)28-23-26-12-9-13-27(24-28)38(26)21-8-6-5-7-20-36-45(42,43)34-17-11-14-29-30(34)15-10-16-31(29)37(2)3/h10-11,14-19,22,26-28,36H,5-9,12-13,20-21,23-24H2,1-4H3,(H,40,41). The van der Waals surface area contributed by atoms with E-state index in [0.717, 1.165) is 79.9 Å². The Morgan fingerprint density at radius 3 is 2.33 bits per heavy atom. The lowest BCUT2D eigenvalue weighted by atomic mass is 9.80. The molecular formula is C35H48N4O5S. The van der Waals surface area contributed by atoms with Gasteiger partial charge in [0, 0.05) is 55.2 Å². The van der Waals surface area contributed by atoms with Gasteiger partial charge in [0.05, 0.1) is 17.7 Å². The van der Waals surface area contributed by atoms with Crippen LogP contribution in [0.1, 0.15) is 63.4 Å². The molecule has 2 aliphatic rings. The third kappa shape index (κ3) is 7.39. The molecular weight excluding hydrogens is 588 g/mol. The molecule has 0 aliphatic carbocycles. The summed E-state index contributed by atoms with van der Waals surface area (Å²) in [5.41, 5.74) is 2.63. The lowest BCUT2D eigenvalue weighted by Gasteiger charge is -2.50. The van der Waals surface area contributed by atoms with Crippen LogP contribution in [0.4, 0.5) is 16.2 Å². The summed E-state index contributed by atoms with van der Waals surface area (Å²) in [5, 5.41) is 11.9. The van der Waals surface area contributed by atoms with Gasteiger partial charge in [-0.25, -0.2) is 17.9 Å². The van der Waals surface area contributed by atoms with Gasteiger partial charge >= 0.3 is 6.09 Å². The van der Waals surface area contributed by atoms with Crippen molar-refractivity contribution in [3.05, 3.63) is 60.2 Å². The number of anilines is 2. The number of aryl methyl sites for hydroxylation is 1. The van der Waals surface area contributed by atoms with E-state index in [2.05, 4.69) is 9.62 Å². The Hall–Kier alpha value is -3.34. The van der Waals surface area contributed by atoms with E-state index in [4.69, 9.17) is 4.74 Å². The molecule has 0 spiro atoms. The number of sulfonamides is 1. The first-order valence-electron chi connectivity index (χ1n) is 16.2. The van der Waals surface area contributed by atoms with Crippen molar-refractivity contribution in [1.82, 2.24) is 9.62 Å². The average molecular weight is 637 g/mol. The first-order valence-corrected chi connectivity index (χ1v) is 17.7. The van der Waals surface area contributed by atoms with E-state index in [1.807, 2.05) is 68.4 Å². The molecule has 0 aromatic heterocycles. The molecule has 3 aromatic rings. The molecule has 2 heterocycles. The van der Waals surface area contributed by atoms with Gasteiger partial charge in [0.15, 0.2) is 0 Å². The Balaban J connectivity index is 1.11. The highest BCUT2D eigenvalue weighted by Crippen LogP contribution is 2.40. The van der Waals surface area contributed by atoms with Gasteiger partial charge in [0.1, 0.15) is 5.75 Å². The number of methoxy groups -OCH3 is 1. The molecule has 2 fully saturated rings. The SMILES string of the molecule is COc1ccc(C)cc1N(C(=O)O)C1CC2CCCC(C1)N2CCCCCCNS(=O)(=O)c1cccc2c(N(C)C)cccc12. The van der Waals surface area contributed by atoms with E-state index in [-0.39, 0.29) is 6.04 Å². The molecule has 0 radical (unpaired) electrons. The molecule has 1 amide bonds. The van der Waals surface area contributed by atoms with Crippen molar-refractivity contribution in [3.63, 3.8) is 0 Å². The number of piperidine rings is 2. The molecule has 2 bridgehead atoms. The number of benzene rings is 3. The third-order valence-electron chi connectivity index (χ3n) is 9.53. The number of nitrogens with zero attached hydrogens (tertiary/aromatic N) is 3. The predicted molar refractivity (Wildman–Crippen MR) is 181 cm³/mol. The fourth-order valence-corrected chi connectivity index (χ4v) is 8.71. The number of rotatable bonds is 13. The Kier molecular flexibility index (Phi) is 10.6. The number of carboxylic acid groups (broad SMARTS) is 1. The van der Waals surface area contributed by atoms with Crippen molar-refractivity contribution in [2.75, 3.05) is 44.1 Å². The lowest BCUT2D eigenvalue weighted by molar-refractivity contribution is 0.0287. The van der Waals surface area contributed by atoms with Gasteiger partial charge in [-0.15, -0.1) is 0 Å². The molecule has 244 valence electrons. The van der Waals surface area contributed by atoms with Gasteiger partial charge in [-0.3, -0.25) is 9.80 Å². The van der Waals surface area contributed by atoms with Gasteiger partial charge in [-0.2, -0.15) is 0 Å². The van der Waals surface area contributed by atoms with Gasteiger partial charge in [-0.1, -0.05) is 49.6 Å². The minimum absolute atomic E-state index is 0.0750. The van der Waals surface area contributed by atoms with Crippen LogP contribution in [-0.4, -0.2) is 76.9 Å². The maximum atomic E-state index is 13.2. The normalized spacial score (nSPS) is 20.2. The van der Waals surface area contributed by atoms with E-state index in [0.29, 0.717) is 35.0 Å². The zero-order valence-corrected chi connectivity index (χ0v) is 27.9. The van der Waals surface area contributed by atoms with Crippen molar-refractivity contribution in [3.8, 4) is 5.75 Å². The van der Waals surface area contributed by atoms with Crippen molar-refractivity contribution < 1.29 is 23.1 Å². The van der Waals surface area contributed by atoms with Crippen molar-refractivity contribution in [2.24, 2.45) is 0 Å². The maximum absolute atomic E-state index is 13.2. The fourth-order valence-electron chi connectivity index (χ4n) is 7.42. The minimum Gasteiger partial charge on any atom is -0.495 e. The number of amides is 1. The number of unbranched alkanes of at least 4 members (excludes halogenated alkanes) is 3. The van der Waals surface area contributed by atoms with E-state index in [9.17, 15) is 18.3 Å². The van der Waals surface area contributed by atoms with Crippen molar-refractivity contribution in [1.29, 1.82) is 0 Å². The highest BCUT2D eigenvalue weighted by atomic mass is 32.2. The summed E-state index contributed by atoms with van der Waals surface area (Å²) in [6, 6.07) is 17.6. The van der Waals surface area contributed by atoms with Crippen LogP contribution in [0.3, 0.4) is 0 Å². The molecule has 2 atom stereocenters. The summed E-state index contributed by atoms with van der Waals surface area (Å²) >= 11 is 0. The molecule has 3 aromatic carbocycles. The molecule has 2 saturated heterocycles. The van der Waals surface area contributed by atoms with Crippen LogP contribution < -0.4 is 19.3 Å². The summed E-state index contributed by atoms with van der Waals surface area (Å²) in [6.45, 7) is 3.39. The number of fused-ring (bicyclic) bond motifs is 3. The summed E-state index contributed by atoms with van der Waals surface area (Å²) in [5.74, 6) is 0.591. The first-order chi connectivity index (χ1) is 21.6. The number of carbonyl (C=O) groups is 1. The quantitative estimate of drug-likeness (QED) is 0.203. The largest absolute Gasteiger partial charge is 0.495 e. The molecule has 0 saturated carbocycles. The summed E-state index contributed by atoms with van der Waals surface area (Å²) in [4.78, 5) is 19.0. The summed E-state index contributed by atoms with van der Waals surface area (Å²) < 4.78 is 34.8. The van der Waals surface area contributed by atoms with Crippen LogP contribution in [0.25, 0.3) is 10.8 Å². The molecule has 5 rings (SSSR count). The molecule has 2 aliphatic heterocycles. The third-order valence-corrected chi connectivity index (χ3v) is 11.1. The van der Waals surface area contributed by atoms with Gasteiger partial charge in [0.25, 0.3) is 0 Å². The summed E-state index contributed by atoms with van der Waals surface area (Å²) in [6.07, 6.45) is 7.92. The van der Waals surface area contributed by atoms with Crippen LogP contribution in [0.5, 0.6) is 5.75 Å².